The number of likely N-dealkylation sites (tertiary alicyclic amines) is 1. The maximum atomic E-state index is 12.6. The summed E-state index contributed by atoms with van der Waals surface area (Å²) in [6, 6.07) is 11.5. The van der Waals surface area contributed by atoms with E-state index in [0.29, 0.717) is 28.9 Å². The van der Waals surface area contributed by atoms with Crippen molar-refractivity contribution in [1.82, 2.24) is 9.62 Å². The highest BCUT2D eigenvalue weighted by atomic mass is 35.5. The van der Waals surface area contributed by atoms with Crippen LogP contribution in [0.15, 0.2) is 47.4 Å². The maximum absolute atomic E-state index is 12.6. The van der Waals surface area contributed by atoms with E-state index in [2.05, 4.69) is 4.72 Å². The third-order valence-corrected chi connectivity index (χ3v) is 7.00. The third-order valence-electron chi connectivity index (χ3n) is 5.01. The molecule has 0 aliphatic carbocycles. The second-order valence-corrected chi connectivity index (χ2v) is 9.99. The fourth-order valence-corrected chi connectivity index (χ4v) is 4.76. The molecule has 1 aliphatic heterocycles. The predicted molar refractivity (Wildman–Crippen MR) is 118 cm³/mol. The van der Waals surface area contributed by atoms with E-state index in [1.54, 1.807) is 47.4 Å². The second-order valence-electron chi connectivity index (χ2n) is 7.38. The first-order valence-corrected chi connectivity index (χ1v) is 11.9. The molecule has 1 N–H and O–H groups in total. The van der Waals surface area contributed by atoms with Crippen LogP contribution < -0.4 is 9.46 Å². The summed E-state index contributed by atoms with van der Waals surface area (Å²) in [4.78, 5) is 14.5. The molecular weight excluding hydrogens is 447 g/mol. The summed E-state index contributed by atoms with van der Waals surface area (Å²) in [6.07, 6.45) is 1.65. The second kappa shape index (κ2) is 10.0. The molecule has 1 heterocycles. The van der Waals surface area contributed by atoms with E-state index in [9.17, 15) is 13.2 Å². The molecule has 3 rings (SSSR count). The molecule has 9 heteroatoms. The monoisotopic (exact) mass is 470 g/mol. The summed E-state index contributed by atoms with van der Waals surface area (Å²) >= 11 is 12.0. The smallest absolute Gasteiger partial charge is 0.260 e. The number of aryl methyl sites for hydroxylation is 1. The van der Waals surface area contributed by atoms with Crippen molar-refractivity contribution < 1.29 is 17.9 Å². The molecule has 162 valence electrons. The highest BCUT2D eigenvalue weighted by Gasteiger charge is 2.25. The minimum absolute atomic E-state index is 0.0395. The molecule has 0 spiro atoms. The predicted octanol–water partition coefficient (Wildman–Crippen LogP) is 3.90. The van der Waals surface area contributed by atoms with Crippen LogP contribution in [0.4, 0.5) is 0 Å². The molecule has 0 radical (unpaired) electrons. The number of hydrogen-bond acceptors (Lipinski definition) is 4. The number of carbonyl (C=O) groups is 1. The number of sulfonamides is 1. The van der Waals surface area contributed by atoms with Crippen molar-refractivity contribution >= 4 is 39.1 Å². The largest absolute Gasteiger partial charge is 0.482 e. The lowest BCUT2D eigenvalue weighted by Crippen LogP contribution is -2.45. The summed E-state index contributed by atoms with van der Waals surface area (Å²) in [5, 5.41) is 0.856. The Morgan fingerprint density at radius 2 is 1.93 bits per heavy atom. The van der Waals surface area contributed by atoms with Gasteiger partial charge in [0.25, 0.3) is 5.91 Å². The first-order valence-electron chi connectivity index (χ1n) is 9.66. The Morgan fingerprint density at radius 1 is 1.20 bits per heavy atom. The van der Waals surface area contributed by atoms with E-state index < -0.39 is 10.0 Å². The minimum Gasteiger partial charge on any atom is -0.482 e. The zero-order chi connectivity index (χ0) is 21.7. The van der Waals surface area contributed by atoms with Crippen molar-refractivity contribution in [2.24, 2.45) is 5.92 Å². The Balaban J connectivity index is 1.52. The van der Waals surface area contributed by atoms with E-state index in [0.717, 1.165) is 18.4 Å². The molecule has 1 fully saturated rings. The zero-order valence-electron chi connectivity index (χ0n) is 16.6. The molecule has 2 aromatic rings. The van der Waals surface area contributed by atoms with Crippen LogP contribution in [0.25, 0.3) is 0 Å². The van der Waals surface area contributed by atoms with Gasteiger partial charge in [-0.25, -0.2) is 13.1 Å². The standard InChI is InChI=1S/C21H24Cl2N2O4S/c1-15-4-7-18(8-5-15)30(27,28)24-12-16-3-2-10-25(13-16)21(26)14-29-20-11-17(22)6-9-19(20)23/h4-9,11,16,24H,2-3,10,12-14H2,1H3. The molecule has 1 atom stereocenters. The average Bonchev–Trinajstić information content (AvgIpc) is 2.73. The van der Waals surface area contributed by atoms with Crippen LogP contribution >= 0.6 is 23.2 Å². The number of nitrogens with one attached hydrogen (secondary N) is 1. The Kier molecular flexibility index (Phi) is 7.63. The van der Waals surface area contributed by atoms with Crippen LogP contribution in [-0.4, -0.2) is 45.5 Å². The van der Waals surface area contributed by atoms with E-state index >= 15 is 0 Å². The molecule has 0 aromatic heterocycles. The van der Waals surface area contributed by atoms with Crippen molar-refractivity contribution in [3.8, 4) is 5.75 Å². The first kappa shape index (κ1) is 22.9. The minimum atomic E-state index is -3.57. The molecule has 6 nitrogen and oxygen atoms in total. The Bertz CT molecular complexity index is 997. The number of nitrogens with zero attached hydrogens (tertiary/aromatic N) is 1. The number of hydrogen-bond donors (Lipinski definition) is 1. The van der Waals surface area contributed by atoms with Gasteiger partial charge in [-0.15, -0.1) is 0 Å². The number of amides is 1. The van der Waals surface area contributed by atoms with Crippen molar-refractivity contribution in [3.63, 3.8) is 0 Å². The highest BCUT2D eigenvalue weighted by molar-refractivity contribution is 7.89. The van der Waals surface area contributed by atoms with E-state index in [1.807, 2.05) is 6.92 Å². The molecule has 1 saturated heterocycles. The Labute approximate surface area is 187 Å². The summed E-state index contributed by atoms with van der Waals surface area (Å²) in [6.45, 7) is 3.12. The quantitative estimate of drug-likeness (QED) is 0.665. The number of ether oxygens (including phenoxy) is 1. The number of piperidine rings is 1. The van der Waals surface area contributed by atoms with Gasteiger partial charge < -0.3 is 9.64 Å². The van der Waals surface area contributed by atoms with Gasteiger partial charge in [-0.3, -0.25) is 4.79 Å². The molecule has 0 saturated carbocycles. The lowest BCUT2D eigenvalue weighted by atomic mass is 9.98. The fraction of sp³-hybridized carbons (Fsp3) is 0.381. The van der Waals surface area contributed by atoms with Gasteiger partial charge in [-0.05, 0) is 49.9 Å². The van der Waals surface area contributed by atoms with Crippen molar-refractivity contribution in [2.75, 3.05) is 26.2 Å². The van der Waals surface area contributed by atoms with Gasteiger partial charge in [0.1, 0.15) is 5.75 Å². The average molecular weight is 471 g/mol. The van der Waals surface area contributed by atoms with Crippen molar-refractivity contribution in [2.45, 2.75) is 24.7 Å². The van der Waals surface area contributed by atoms with Crippen LogP contribution in [-0.2, 0) is 14.8 Å². The molecule has 1 unspecified atom stereocenters. The normalized spacial score (nSPS) is 17.0. The molecule has 2 aromatic carbocycles. The fourth-order valence-electron chi connectivity index (χ4n) is 3.31. The summed E-state index contributed by atoms with van der Waals surface area (Å²) in [7, 11) is -3.57. The molecular formula is C21H24Cl2N2O4S. The molecule has 0 bridgehead atoms. The molecule has 30 heavy (non-hydrogen) atoms. The van der Waals surface area contributed by atoms with Gasteiger partial charge in [-0.2, -0.15) is 0 Å². The van der Waals surface area contributed by atoms with Gasteiger partial charge in [-0.1, -0.05) is 40.9 Å². The maximum Gasteiger partial charge on any atom is 0.260 e. The van der Waals surface area contributed by atoms with Gasteiger partial charge in [0.15, 0.2) is 6.61 Å². The van der Waals surface area contributed by atoms with Crippen molar-refractivity contribution in [3.05, 3.63) is 58.1 Å². The van der Waals surface area contributed by atoms with E-state index in [1.165, 1.54) is 0 Å². The summed E-state index contributed by atoms with van der Waals surface area (Å²) in [5.74, 6) is 0.228. The molecule has 1 amide bonds. The summed E-state index contributed by atoms with van der Waals surface area (Å²) in [5.41, 5.74) is 0.997. The lowest BCUT2D eigenvalue weighted by molar-refractivity contribution is -0.135. The number of halogens is 2. The third kappa shape index (κ3) is 6.11. The number of rotatable bonds is 7. The number of carbonyl (C=O) groups excluding carboxylic acids is 1. The SMILES string of the molecule is Cc1ccc(S(=O)(=O)NCC2CCCN(C(=O)COc3cc(Cl)ccc3Cl)C2)cc1. The summed E-state index contributed by atoms with van der Waals surface area (Å²) < 4.78 is 33.2. The first-order chi connectivity index (χ1) is 14.2. The Hall–Kier alpha value is -1.80. The van der Waals surface area contributed by atoms with E-state index in [-0.39, 0.29) is 29.9 Å². The van der Waals surface area contributed by atoms with Gasteiger partial charge in [0, 0.05) is 30.7 Å². The topological polar surface area (TPSA) is 75.7 Å². The highest BCUT2D eigenvalue weighted by Crippen LogP contribution is 2.28. The van der Waals surface area contributed by atoms with Crippen molar-refractivity contribution in [1.29, 1.82) is 0 Å². The van der Waals surface area contributed by atoms with Gasteiger partial charge in [0.05, 0.1) is 9.92 Å². The van der Waals surface area contributed by atoms with Crippen LogP contribution in [0.5, 0.6) is 5.75 Å². The van der Waals surface area contributed by atoms with Crippen LogP contribution in [0.2, 0.25) is 10.0 Å². The van der Waals surface area contributed by atoms with Crippen LogP contribution in [0.3, 0.4) is 0 Å². The van der Waals surface area contributed by atoms with E-state index in [4.69, 9.17) is 27.9 Å². The van der Waals surface area contributed by atoms with Gasteiger partial charge >= 0.3 is 0 Å². The van der Waals surface area contributed by atoms with Gasteiger partial charge in [0.2, 0.25) is 10.0 Å². The number of benzene rings is 2. The Morgan fingerprint density at radius 3 is 2.67 bits per heavy atom. The van der Waals surface area contributed by atoms with Crippen LogP contribution in [0, 0.1) is 12.8 Å². The lowest BCUT2D eigenvalue weighted by Gasteiger charge is -2.32. The molecule has 1 aliphatic rings. The zero-order valence-corrected chi connectivity index (χ0v) is 18.9. The van der Waals surface area contributed by atoms with Crippen LogP contribution in [0.1, 0.15) is 18.4 Å².